The van der Waals surface area contributed by atoms with Gasteiger partial charge in [0.05, 0.1) is 10.6 Å². The summed E-state index contributed by atoms with van der Waals surface area (Å²) in [6.45, 7) is 3.59. The monoisotopic (exact) mass is 377 g/mol. The van der Waals surface area contributed by atoms with Crippen LogP contribution < -0.4 is 5.32 Å². The number of hydrogen-bond donors (Lipinski definition) is 1. The molecule has 132 valence electrons. The maximum Gasteiger partial charge on any atom is 0.340 e. The van der Waals surface area contributed by atoms with Gasteiger partial charge in [0, 0.05) is 10.6 Å². The molecule has 0 aromatic heterocycles. The highest BCUT2D eigenvalue weighted by Gasteiger charge is 2.21. The van der Waals surface area contributed by atoms with Crippen LogP contribution in [-0.2, 0) is 16.0 Å². The zero-order valence-electron chi connectivity index (χ0n) is 14.3. The quantitative estimate of drug-likeness (QED) is 0.579. The summed E-state index contributed by atoms with van der Waals surface area (Å²) >= 11 is 7.55. The second-order valence-corrected chi connectivity index (χ2v) is 6.72. The summed E-state index contributed by atoms with van der Waals surface area (Å²) in [5.74, 6) is -1.01. The van der Waals surface area contributed by atoms with Crippen LogP contribution in [0.2, 0.25) is 5.02 Å². The van der Waals surface area contributed by atoms with E-state index in [9.17, 15) is 9.59 Å². The highest BCUT2D eigenvalue weighted by atomic mass is 35.5. The van der Waals surface area contributed by atoms with E-state index in [-0.39, 0.29) is 5.56 Å². The molecule has 1 N–H and O–H groups in total. The summed E-state index contributed by atoms with van der Waals surface area (Å²) < 4.78 is 5.25. The molecule has 0 aliphatic rings. The van der Waals surface area contributed by atoms with E-state index in [0.29, 0.717) is 10.7 Å². The summed E-state index contributed by atoms with van der Waals surface area (Å²) in [4.78, 5) is 25.4. The molecule has 0 spiro atoms. The standard InChI is InChI=1S/C19H20ClNO3S/c1-4-13-5-7-14(8-6-13)21-18(22)12(2)24-19(23)16-11-15(25-3)9-10-17(16)20/h5-12H,4H2,1-3H3,(H,21,22). The number of halogens is 1. The van der Waals surface area contributed by atoms with Gasteiger partial charge in [-0.25, -0.2) is 4.79 Å². The van der Waals surface area contributed by atoms with Crippen molar-refractivity contribution in [3.8, 4) is 0 Å². The van der Waals surface area contributed by atoms with Crippen LogP contribution in [0.25, 0.3) is 0 Å². The Kier molecular flexibility index (Phi) is 6.91. The molecule has 0 radical (unpaired) electrons. The summed E-state index contributed by atoms with van der Waals surface area (Å²) in [6, 6.07) is 12.7. The van der Waals surface area contributed by atoms with Crippen molar-refractivity contribution >= 4 is 40.9 Å². The number of hydrogen-bond acceptors (Lipinski definition) is 4. The number of benzene rings is 2. The van der Waals surface area contributed by atoms with Gasteiger partial charge in [-0.3, -0.25) is 4.79 Å². The molecule has 25 heavy (non-hydrogen) atoms. The fourth-order valence-electron chi connectivity index (χ4n) is 2.13. The Morgan fingerprint density at radius 1 is 1.20 bits per heavy atom. The maximum atomic E-state index is 12.3. The zero-order valence-corrected chi connectivity index (χ0v) is 15.9. The van der Waals surface area contributed by atoms with E-state index < -0.39 is 18.0 Å². The molecule has 0 heterocycles. The molecule has 1 unspecified atom stereocenters. The molecule has 6 heteroatoms. The number of carbonyl (C=O) groups excluding carboxylic acids is 2. The van der Waals surface area contributed by atoms with E-state index in [0.717, 1.165) is 11.3 Å². The second kappa shape index (κ2) is 8.92. The van der Waals surface area contributed by atoms with Crippen LogP contribution in [0.5, 0.6) is 0 Å². The lowest BCUT2D eigenvalue weighted by Crippen LogP contribution is -2.30. The number of thioether (sulfide) groups is 1. The van der Waals surface area contributed by atoms with Crippen molar-refractivity contribution in [2.45, 2.75) is 31.3 Å². The second-order valence-electron chi connectivity index (χ2n) is 5.43. The number of carbonyl (C=O) groups is 2. The van der Waals surface area contributed by atoms with Gasteiger partial charge in [0.15, 0.2) is 6.10 Å². The number of anilines is 1. The summed E-state index contributed by atoms with van der Waals surface area (Å²) in [6.07, 6.45) is 1.89. The Bertz CT molecular complexity index is 762. The van der Waals surface area contributed by atoms with Crippen LogP contribution in [0.15, 0.2) is 47.4 Å². The van der Waals surface area contributed by atoms with Crippen molar-refractivity contribution in [1.29, 1.82) is 0 Å². The van der Waals surface area contributed by atoms with E-state index in [4.69, 9.17) is 16.3 Å². The summed E-state index contributed by atoms with van der Waals surface area (Å²) in [5.41, 5.74) is 2.09. The van der Waals surface area contributed by atoms with Crippen LogP contribution in [0.4, 0.5) is 5.69 Å². The Morgan fingerprint density at radius 2 is 1.88 bits per heavy atom. The van der Waals surface area contributed by atoms with Gasteiger partial charge < -0.3 is 10.1 Å². The first-order chi connectivity index (χ1) is 11.9. The van der Waals surface area contributed by atoms with Crippen LogP contribution in [0, 0.1) is 0 Å². The fraction of sp³-hybridized carbons (Fsp3) is 0.263. The van der Waals surface area contributed by atoms with E-state index in [1.54, 1.807) is 12.1 Å². The van der Waals surface area contributed by atoms with E-state index in [2.05, 4.69) is 12.2 Å². The van der Waals surface area contributed by atoms with Crippen molar-refractivity contribution < 1.29 is 14.3 Å². The van der Waals surface area contributed by atoms with Crippen LogP contribution in [0.3, 0.4) is 0 Å². The number of ether oxygens (including phenoxy) is 1. The van der Waals surface area contributed by atoms with Gasteiger partial charge in [0.2, 0.25) is 0 Å². The van der Waals surface area contributed by atoms with Crippen molar-refractivity contribution in [1.82, 2.24) is 0 Å². The van der Waals surface area contributed by atoms with Crippen molar-refractivity contribution in [2.24, 2.45) is 0 Å². The average molecular weight is 378 g/mol. The number of aryl methyl sites for hydroxylation is 1. The molecular formula is C19H20ClNO3S. The summed E-state index contributed by atoms with van der Waals surface area (Å²) in [7, 11) is 0. The van der Waals surface area contributed by atoms with E-state index >= 15 is 0 Å². The molecule has 1 amide bonds. The van der Waals surface area contributed by atoms with Gasteiger partial charge in [-0.15, -0.1) is 11.8 Å². The number of amides is 1. The smallest absolute Gasteiger partial charge is 0.340 e. The molecule has 0 fully saturated rings. The molecule has 0 aliphatic carbocycles. The Balaban J connectivity index is 2.01. The third-order valence-corrected chi connectivity index (χ3v) is 4.73. The Labute approximate surface area is 156 Å². The number of rotatable bonds is 6. The highest BCUT2D eigenvalue weighted by molar-refractivity contribution is 7.98. The molecule has 0 aliphatic heterocycles. The minimum Gasteiger partial charge on any atom is -0.449 e. The van der Waals surface area contributed by atoms with Gasteiger partial charge in [-0.05, 0) is 55.5 Å². The molecule has 1 atom stereocenters. The lowest BCUT2D eigenvalue weighted by Gasteiger charge is -2.14. The Morgan fingerprint density at radius 3 is 2.48 bits per heavy atom. The molecule has 0 bridgehead atoms. The molecule has 2 aromatic rings. The summed E-state index contributed by atoms with van der Waals surface area (Å²) in [5, 5.41) is 3.03. The molecule has 2 rings (SSSR count). The number of esters is 1. The van der Waals surface area contributed by atoms with Gasteiger partial charge in [0.25, 0.3) is 5.91 Å². The van der Waals surface area contributed by atoms with Gasteiger partial charge in [-0.2, -0.15) is 0 Å². The van der Waals surface area contributed by atoms with Crippen LogP contribution in [0.1, 0.15) is 29.8 Å². The van der Waals surface area contributed by atoms with Gasteiger partial charge in [0.1, 0.15) is 0 Å². The minimum absolute atomic E-state index is 0.250. The molecule has 4 nitrogen and oxygen atoms in total. The zero-order chi connectivity index (χ0) is 18.4. The largest absolute Gasteiger partial charge is 0.449 e. The predicted octanol–water partition coefficient (Wildman–Crippen LogP) is 4.81. The molecule has 0 saturated carbocycles. The topological polar surface area (TPSA) is 55.4 Å². The normalized spacial score (nSPS) is 11.7. The predicted molar refractivity (Wildman–Crippen MR) is 103 cm³/mol. The lowest BCUT2D eigenvalue weighted by molar-refractivity contribution is -0.123. The van der Waals surface area contributed by atoms with Crippen molar-refractivity contribution in [2.75, 3.05) is 11.6 Å². The number of nitrogens with one attached hydrogen (secondary N) is 1. The molecule has 2 aromatic carbocycles. The highest BCUT2D eigenvalue weighted by Crippen LogP contribution is 2.24. The van der Waals surface area contributed by atoms with Crippen LogP contribution in [-0.4, -0.2) is 24.2 Å². The van der Waals surface area contributed by atoms with Crippen LogP contribution >= 0.6 is 23.4 Å². The van der Waals surface area contributed by atoms with E-state index in [1.807, 2.05) is 36.6 Å². The minimum atomic E-state index is -0.938. The van der Waals surface area contributed by atoms with Crippen molar-refractivity contribution in [3.63, 3.8) is 0 Å². The fourth-order valence-corrected chi connectivity index (χ4v) is 2.77. The lowest BCUT2D eigenvalue weighted by atomic mass is 10.1. The third-order valence-electron chi connectivity index (χ3n) is 3.68. The van der Waals surface area contributed by atoms with Gasteiger partial charge >= 0.3 is 5.97 Å². The average Bonchev–Trinajstić information content (AvgIpc) is 2.62. The van der Waals surface area contributed by atoms with Crippen molar-refractivity contribution in [3.05, 3.63) is 58.6 Å². The van der Waals surface area contributed by atoms with Gasteiger partial charge in [-0.1, -0.05) is 30.7 Å². The molecule has 0 saturated heterocycles. The maximum absolute atomic E-state index is 12.3. The SMILES string of the molecule is CCc1ccc(NC(=O)C(C)OC(=O)c2cc(SC)ccc2Cl)cc1. The molecular weight excluding hydrogens is 358 g/mol. The first-order valence-corrected chi connectivity index (χ1v) is 9.49. The first kappa shape index (κ1) is 19.3. The Hall–Kier alpha value is -1.98. The first-order valence-electron chi connectivity index (χ1n) is 7.89. The third kappa shape index (κ3) is 5.25. The van der Waals surface area contributed by atoms with E-state index in [1.165, 1.54) is 24.2 Å².